The van der Waals surface area contributed by atoms with Gasteiger partial charge in [-0.3, -0.25) is 14.5 Å². The second kappa shape index (κ2) is 11.1. The third-order valence-electron chi connectivity index (χ3n) is 6.18. The maximum atomic E-state index is 13.4. The van der Waals surface area contributed by atoms with Gasteiger partial charge in [-0.05, 0) is 61.6 Å². The minimum absolute atomic E-state index is 0.195. The third kappa shape index (κ3) is 7.70. The van der Waals surface area contributed by atoms with Crippen LogP contribution in [-0.4, -0.2) is 46.2 Å². The van der Waals surface area contributed by atoms with Crippen LogP contribution in [0.4, 0.5) is 17.1 Å². The van der Waals surface area contributed by atoms with Crippen molar-refractivity contribution in [2.75, 3.05) is 35.0 Å². The van der Waals surface area contributed by atoms with Gasteiger partial charge in [-0.15, -0.1) is 0 Å². The molecule has 12 heteroatoms. The molecule has 1 amide bonds. The molecule has 2 aromatic rings. The lowest BCUT2D eigenvalue weighted by molar-refractivity contribution is -0.323. The first kappa shape index (κ1) is 30.4. The Balaban J connectivity index is 1.94. The Kier molecular flexibility index (Phi) is 8.68. The van der Waals surface area contributed by atoms with Crippen molar-refractivity contribution in [3.8, 4) is 5.75 Å². The number of nitrogens with one attached hydrogen (secondary N) is 2. The molecule has 1 fully saturated rings. The lowest BCUT2D eigenvalue weighted by atomic mass is 9.86. The fraction of sp³-hybridized carbons (Fsp3) is 0.444. The number of aryl methyl sites for hydroxylation is 1. The number of nitrogens with two attached hydrogens (primary N) is 1. The zero-order valence-electron chi connectivity index (χ0n) is 23.8. The summed E-state index contributed by atoms with van der Waals surface area (Å²) in [6, 6.07) is 8.62. The van der Waals surface area contributed by atoms with Crippen molar-refractivity contribution in [1.29, 1.82) is 0 Å². The SMILES string of the molecule is COc1c(NC(=O)c2ccc(C)c(N(N)C=C([NH3+])C3COC(C)(C)O3)c2)cc(C(C)(C)C)cc1NS(C)(=O)=O. The lowest BCUT2D eigenvalue weighted by Crippen LogP contribution is -2.54. The van der Waals surface area contributed by atoms with Crippen LogP contribution in [0.5, 0.6) is 5.75 Å². The van der Waals surface area contributed by atoms with Crippen molar-refractivity contribution in [2.45, 2.75) is 58.8 Å². The van der Waals surface area contributed by atoms with E-state index in [4.69, 9.17) is 20.1 Å². The number of hydrogen-bond acceptors (Lipinski definition) is 8. The smallest absolute Gasteiger partial charge is 0.255 e. The van der Waals surface area contributed by atoms with Gasteiger partial charge in [-0.25, -0.2) is 14.3 Å². The molecule has 0 spiro atoms. The van der Waals surface area contributed by atoms with Gasteiger partial charge in [0.05, 0.1) is 43.2 Å². The van der Waals surface area contributed by atoms with Gasteiger partial charge in [0.2, 0.25) is 10.0 Å². The Morgan fingerprint density at radius 1 is 1.23 bits per heavy atom. The lowest BCUT2D eigenvalue weighted by Gasteiger charge is -2.24. The summed E-state index contributed by atoms with van der Waals surface area (Å²) in [6.07, 6.45) is 2.37. The number of benzene rings is 2. The van der Waals surface area contributed by atoms with E-state index in [0.29, 0.717) is 29.2 Å². The molecule has 1 unspecified atom stereocenters. The second-order valence-corrected chi connectivity index (χ2v) is 12.9. The molecule has 1 aliphatic heterocycles. The number of sulfonamides is 1. The first-order valence-electron chi connectivity index (χ1n) is 12.4. The number of hydrogen-bond donors (Lipinski definition) is 4. The number of amides is 1. The van der Waals surface area contributed by atoms with Crippen LogP contribution in [-0.2, 0) is 24.9 Å². The minimum atomic E-state index is -3.60. The molecule has 11 nitrogen and oxygen atoms in total. The van der Waals surface area contributed by atoms with Crippen molar-refractivity contribution in [2.24, 2.45) is 5.84 Å². The normalized spacial score (nSPS) is 17.6. The Morgan fingerprint density at radius 2 is 1.87 bits per heavy atom. The van der Waals surface area contributed by atoms with E-state index in [1.165, 1.54) is 12.1 Å². The van der Waals surface area contributed by atoms with Crippen LogP contribution >= 0.6 is 0 Å². The van der Waals surface area contributed by atoms with Gasteiger partial charge in [0, 0.05) is 5.56 Å². The number of carbonyl (C=O) groups excluding carboxylic acids is 1. The van der Waals surface area contributed by atoms with Crippen molar-refractivity contribution in [3.63, 3.8) is 0 Å². The molecule has 2 aromatic carbocycles. The quantitative estimate of drug-likeness (QED) is 0.282. The number of anilines is 3. The van der Waals surface area contributed by atoms with E-state index in [9.17, 15) is 13.2 Å². The average Bonchev–Trinajstić information content (AvgIpc) is 3.17. The summed E-state index contributed by atoms with van der Waals surface area (Å²) >= 11 is 0. The molecule has 1 heterocycles. The van der Waals surface area contributed by atoms with Crippen molar-refractivity contribution in [1.82, 2.24) is 0 Å². The highest BCUT2D eigenvalue weighted by Gasteiger charge is 2.36. The molecule has 0 radical (unpaired) electrons. The highest BCUT2D eigenvalue weighted by atomic mass is 32.2. The van der Waals surface area contributed by atoms with Crippen LogP contribution in [0.1, 0.15) is 56.1 Å². The van der Waals surface area contributed by atoms with Gasteiger partial charge in [0.1, 0.15) is 0 Å². The number of hydrazine groups is 1. The molecule has 1 aliphatic rings. The first-order valence-corrected chi connectivity index (χ1v) is 14.3. The molecule has 3 rings (SSSR count). The maximum absolute atomic E-state index is 13.4. The van der Waals surface area contributed by atoms with Crippen molar-refractivity contribution < 1.29 is 33.2 Å². The van der Waals surface area contributed by atoms with E-state index in [0.717, 1.165) is 17.4 Å². The molecular formula is C27H40N5O6S+. The summed E-state index contributed by atoms with van der Waals surface area (Å²) in [5.41, 5.74) is 7.50. The highest BCUT2D eigenvalue weighted by molar-refractivity contribution is 7.92. The Bertz CT molecular complexity index is 1380. The third-order valence-corrected chi connectivity index (χ3v) is 6.77. The number of carbonyl (C=O) groups is 1. The summed E-state index contributed by atoms with van der Waals surface area (Å²) < 4.78 is 43.5. The second-order valence-electron chi connectivity index (χ2n) is 11.1. The number of nitrogens with zero attached hydrogens (tertiary/aromatic N) is 1. The summed E-state index contributed by atoms with van der Waals surface area (Å²) in [7, 11) is -2.19. The largest absolute Gasteiger partial charge is 0.492 e. The first-order chi connectivity index (χ1) is 17.9. The number of rotatable bonds is 8. The van der Waals surface area contributed by atoms with Crippen LogP contribution < -0.4 is 31.4 Å². The van der Waals surface area contributed by atoms with E-state index in [2.05, 4.69) is 15.8 Å². The molecule has 1 saturated heterocycles. The minimum Gasteiger partial charge on any atom is -0.492 e. The van der Waals surface area contributed by atoms with E-state index in [1.54, 1.807) is 36.5 Å². The van der Waals surface area contributed by atoms with Crippen LogP contribution in [0.3, 0.4) is 0 Å². The Hall–Kier alpha value is -3.16. The van der Waals surface area contributed by atoms with Gasteiger partial charge in [0.15, 0.2) is 23.3 Å². The fourth-order valence-electron chi connectivity index (χ4n) is 4.07. The zero-order chi connectivity index (χ0) is 29.3. The number of methoxy groups -OCH3 is 1. The average molecular weight is 563 g/mol. The van der Waals surface area contributed by atoms with Gasteiger partial charge < -0.3 is 25.3 Å². The molecule has 0 bridgehead atoms. The van der Waals surface area contributed by atoms with Gasteiger partial charge in [0.25, 0.3) is 5.91 Å². The predicted octanol–water partition coefficient (Wildman–Crippen LogP) is 2.84. The summed E-state index contributed by atoms with van der Waals surface area (Å²) in [5, 5.41) is 4.28. The highest BCUT2D eigenvalue weighted by Crippen LogP contribution is 2.39. The van der Waals surface area contributed by atoms with Crippen molar-refractivity contribution >= 4 is 33.0 Å². The Morgan fingerprint density at radius 3 is 2.41 bits per heavy atom. The van der Waals surface area contributed by atoms with Crippen LogP contribution in [0.15, 0.2) is 42.2 Å². The molecular weight excluding hydrogens is 522 g/mol. The predicted molar refractivity (Wildman–Crippen MR) is 152 cm³/mol. The van der Waals surface area contributed by atoms with Gasteiger partial charge >= 0.3 is 0 Å². The molecule has 0 aliphatic carbocycles. The van der Waals surface area contributed by atoms with Gasteiger partial charge in [-0.1, -0.05) is 26.8 Å². The van der Waals surface area contributed by atoms with E-state index < -0.39 is 21.7 Å². The summed E-state index contributed by atoms with van der Waals surface area (Å²) in [5.74, 6) is 5.42. The molecule has 39 heavy (non-hydrogen) atoms. The van der Waals surface area contributed by atoms with E-state index in [-0.39, 0.29) is 23.0 Å². The number of ether oxygens (including phenoxy) is 3. The fourth-order valence-corrected chi connectivity index (χ4v) is 4.63. The topological polar surface area (TPSA) is 160 Å². The summed E-state index contributed by atoms with van der Waals surface area (Å²) in [6.45, 7) is 11.9. The molecule has 7 N–H and O–H groups in total. The Labute approximate surface area is 230 Å². The van der Waals surface area contributed by atoms with Crippen LogP contribution in [0.2, 0.25) is 0 Å². The monoisotopic (exact) mass is 562 g/mol. The molecule has 214 valence electrons. The van der Waals surface area contributed by atoms with Gasteiger partial charge in [-0.2, -0.15) is 0 Å². The van der Waals surface area contributed by atoms with E-state index in [1.807, 2.05) is 41.5 Å². The maximum Gasteiger partial charge on any atom is 0.255 e. The zero-order valence-corrected chi connectivity index (χ0v) is 24.7. The number of quaternary nitrogens is 1. The van der Waals surface area contributed by atoms with Crippen LogP contribution in [0, 0.1) is 6.92 Å². The molecule has 0 aromatic heterocycles. The van der Waals surface area contributed by atoms with Crippen LogP contribution in [0.25, 0.3) is 0 Å². The summed E-state index contributed by atoms with van der Waals surface area (Å²) in [4.78, 5) is 13.4. The van der Waals surface area contributed by atoms with Crippen molar-refractivity contribution in [3.05, 3.63) is 58.9 Å². The standard InChI is InChI=1S/C27H39N5O6S/c1-16-9-10-17(11-22(16)32(29)14-19(28)23-15-37-27(5,6)38-23)25(33)30-20-12-18(26(2,3)4)13-21(24(20)36-7)31-39(8,34)35/h9-14,23,31H,15,28-29H2,1-8H3,(H,30,33)/p+1. The molecule has 0 saturated carbocycles. The van der Waals surface area contributed by atoms with E-state index >= 15 is 0 Å². The molecule has 1 atom stereocenters.